The minimum absolute atomic E-state index is 0.0272. The van der Waals surface area contributed by atoms with Crippen LogP contribution in [0.2, 0.25) is 0 Å². The number of nitrogens with two attached hydrogens (primary N) is 1. The Kier molecular flexibility index (Phi) is 3.73. The van der Waals surface area contributed by atoms with Crippen molar-refractivity contribution < 1.29 is 9.59 Å². The molecular weight excluding hydrogens is 234 g/mol. The fourth-order valence-electron chi connectivity index (χ4n) is 1.76. The molecule has 1 aliphatic rings. The van der Waals surface area contributed by atoms with Crippen molar-refractivity contribution in [1.29, 1.82) is 0 Å². The maximum atomic E-state index is 11.8. The van der Waals surface area contributed by atoms with Gasteiger partial charge in [0, 0.05) is 25.2 Å². The molecule has 1 aromatic rings. The Balaban J connectivity index is 1.85. The number of nitrogens with one attached hydrogen (secondary N) is 3. The second kappa shape index (κ2) is 5.46. The molecule has 2 heterocycles. The van der Waals surface area contributed by atoms with Crippen LogP contribution in [0.25, 0.3) is 0 Å². The maximum absolute atomic E-state index is 11.8. The van der Waals surface area contributed by atoms with Gasteiger partial charge in [-0.05, 0) is 18.6 Å². The summed E-state index contributed by atoms with van der Waals surface area (Å²) in [5.41, 5.74) is 2.84. The van der Waals surface area contributed by atoms with Crippen LogP contribution in [0.4, 0.5) is 5.82 Å². The van der Waals surface area contributed by atoms with Gasteiger partial charge >= 0.3 is 0 Å². The summed E-state index contributed by atoms with van der Waals surface area (Å²) in [6.07, 6.45) is 2.73. The van der Waals surface area contributed by atoms with E-state index in [1.54, 1.807) is 12.1 Å². The van der Waals surface area contributed by atoms with Gasteiger partial charge in [-0.15, -0.1) is 0 Å². The van der Waals surface area contributed by atoms with E-state index >= 15 is 0 Å². The van der Waals surface area contributed by atoms with Crippen molar-refractivity contribution in [3.8, 4) is 0 Å². The van der Waals surface area contributed by atoms with Gasteiger partial charge in [-0.3, -0.25) is 9.59 Å². The SMILES string of the molecule is NNc1ccc(C(=O)NCC2CCC(=O)N2)cn1. The van der Waals surface area contributed by atoms with Crippen LogP contribution in [0, 0.1) is 0 Å². The van der Waals surface area contributed by atoms with Crippen LogP contribution >= 0.6 is 0 Å². The molecule has 0 radical (unpaired) electrons. The highest BCUT2D eigenvalue weighted by atomic mass is 16.2. The summed E-state index contributed by atoms with van der Waals surface area (Å²) in [5, 5.41) is 5.54. The summed E-state index contributed by atoms with van der Waals surface area (Å²) >= 11 is 0. The van der Waals surface area contributed by atoms with Crippen LogP contribution in [0.5, 0.6) is 0 Å². The molecule has 0 bridgehead atoms. The number of carbonyl (C=O) groups excluding carboxylic acids is 2. The molecule has 7 heteroatoms. The molecule has 1 aliphatic heterocycles. The molecule has 0 spiro atoms. The number of amides is 2. The largest absolute Gasteiger partial charge is 0.352 e. The minimum Gasteiger partial charge on any atom is -0.352 e. The first-order chi connectivity index (χ1) is 8.69. The number of rotatable bonds is 4. The highest BCUT2D eigenvalue weighted by molar-refractivity contribution is 5.94. The summed E-state index contributed by atoms with van der Waals surface area (Å²) in [4.78, 5) is 26.7. The summed E-state index contributed by atoms with van der Waals surface area (Å²) in [7, 11) is 0. The van der Waals surface area contributed by atoms with Gasteiger partial charge in [-0.2, -0.15) is 0 Å². The van der Waals surface area contributed by atoms with Crippen molar-refractivity contribution in [3.05, 3.63) is 23.9 Å². The van der Waals surface area contributed by atoms with E-state index in [1.165, 1.54) is 6.20 Å². The van der Waals surface area contributed by atoms with E-state index in [0.717, 1.165) is 6.42 Å². The number of carbonyl (C=O) groups is 2. The Labute approximate surface area is 104 Å². The Bertz CT molecular complexity index is 445. The predicted molar refractivity (Wildman–Crippen MR) is 65.5 cm³/mol. The summed E-state index contributed by atoms with van der Waals surface area (Å²) in [5.74, 6) is 5.49. The third kappa shape index (κ3) is 2.95. The van der Waals surface area contributed by atoms with Crippen LogP contribution in [-0.4, -0.2) is 29.4 Å². The first-order valence-electron chi connectivity index (χ1n) is 5.69. The van der Waals surface area contributed by atoms with Crippen molar-refractivity contribution in [3.63, 3.8) is 0 Å². The summed E-state index contributed by atoms with van der Waals surface area (Å²) in [6, 6.07) is 3.27. The van der Waals surface area contributed by atoms with Crippen molar-refractivity contribution in [2.75, 3.05) is 12.0 Å². The highest BCUT2D eigenvalue weighted by Gasteiger charge is 2.21. The van der Waals surface area contributed by atoms with Crippen LogP contribution in [0.1, 0.15) is 23.2 Å². The molecule has 2 rings (SSSR count). The lowest BCUT2D eigenvalue weighted by Crippen LogP contribution is -2.38. The third-order valence-corrected chi connectivity index (χ3v) is 2.77. The number of hydrazine groups is 1. The van der Waals surface area contributed by atoms with Gasteiger partial charge in [-0.1, -0.05) is 0 Å². The molecule has 1 unspecified atom stereocenters. The lowest BCUT2D eigenvalue weighted by molar-refractivity contribution is -0.119. The Hall–Kier alpha value is -2.15. The van der Waals surface area contributed by atoms with Crippen molar-refractivity contribution >= 4 is 17.6 Å². The zero-order valence-corrected chi connectivity index (χ0v) is 9.77. The van der Waals surface area contributed by atoms with Gasteiger partial charge in [0.2, 0.25) is 5.91 Å². The minimum atomic E-state index is -0.216. The number of hydrogen-bond acceptors (Lipinski definition) is 5. The van der Waals surface area contributed by atoms with E-state index in [2.05, 4.69) is 21.0 Å². The van der Waals surface area contributed by atoms with E-state index in [4.69, 9.17) is 5.84 Å². The van der Waals surface area contributed by atoms with Gasteiger partial charge in [-0.25, -0.2) is 10.8 Å². The molecule has 0 aromatic carbocycles. The molecule has 2 amide bonds. The number of nitrogens with zero attached hydrogens (tertiary/aromatic N) is 1. The molecule has 5 N–H and O–H groups in total. The Morgan fingerprint density at radius 1 is 1.56 bits per heavy atom. The Morgan fingerprint density at radius 2 is 2.39 bits per heavy atom. The first-order valence-corrected chi connectivity index (χ1v) is 5.69. The number of pyridine rings is 1. The van der Waals surface area contributed by atoms with Crippen molar-refractivity contribution in [1.82, 2.24) is 15.6 Å². The van der Waals surface area contributed by atoms with Crippen molar-refractivity contribution in [2.24, 2.45) is 5.84 Å². The maximum Gasteiger partial charge on any atom is 0.252 e. The van der Waals surface area contributed by atoms with Crippen LogP contribution < -0.4 is 21.9 Å². The average Bonchev–Trinajstić information content (AvgIpc) is 2.82. The molecule has 7 nitrogen and oxygen atoms in total. The number of nitrogen functional groups attached to an aromatic ring is 1. The zero-order valence-electron chi connectivity index (χ0n) is 9.77. The number of aromatic nitrogens is 1. The van der Waals surface area contributed by atoms with Gasteiger partial charge in [0.1, 0.15) is 5.82 Å². The molecule has 0 saturated carbocycles. The van der Waals surface area contributed by atoms with Gasteiger partial charge in [0.05, 0.1) is 5.56 Å². The monoisotopic (exact) mass is 249 g/mol. The second-order valence-corrected chi connectivity index (χ2v) is 4.09. The van der Waals surface area contributed by atoms with E-state index < -0.39 is 0 Å². The molecule has 1 aromatic heterocycles. The van der Waals surface area contributed by atoms with Gasteiger partial charge in [0.25, 0.3) is 5.91 Å². The van der Waals surface area contributed by atoms with Gasteiger partial charge < -0.3 is 16.1 Å². The lowest BCUT2D eigenvalue weighted by Gasteiger charge is -2.11. The highest BCUT2D eigenvalue weighted by Crippen LogP contribution is 2.06. The molecular formula is C11H15N5O2. The normalized spacial score (nSPS) is 18.3. The fourth-order valence-corrected chi connectivity index (χ4v) is 1.76. The third-order valence-electron chi connectivity index (χ3n) is 2.77. The van der Waals surface area contributed by atoms with Crippen LogP contribution in [0.15, 0.2) is 18.3 Å². The second-order valence-electron chi connectivity index (χ2n) is 4.09. The summed E-state index contributed by atoms with van der Waals surface area (Å²) in [6.45, 7) is 0.432. The van der Waals surface area contributed by atoms with E-state index in [1.807, 2.05) is 0 Å². The fraction of sp³-hybridized carbons (Fsp3) is 0.364. The predicted octanol–water partition coefficient (Wildman–Crippen LogP) is -0.624. The molecule has 1 fully saturated rings. The van der Waals surface area contributed by atoms with Gasteiger partial charge in [0.15, 0.2) is 0 Å². The van der Waals surface area contributed by atoms with E-state index in [-0.39, 0.29) is 17.9 Å². The smallest absolute Gasteiger partial charge is 0.252 e. The van der Waals surface area contributed by atoms with Crippen molar-refractivity contribution in [2.45, 2.75) is 18.9 Å². The van der Waals surface area contributed by atoms with Crippen LogP contribution in [-0.2, 0) is 4.79 Å². The number of anilines is 1. The molecule has 18 heavy (non-hydrogen) atoms. The average molecular weight is 249 g/mol. The topological polar surface area (TPSA) is 109 Å². The molecule has 96 valence electrons. The van der Waals surface area contributed by atoms with E-state index in [9.17, 15) is 9.59 Å². The Morgan fingerprint density at radius 3 is 2.94 bits per heavy atom. The standard InChI is InChI=1S/C11H15N5O2/c12-16-9-3-1-7(5-13-9)11(18)14-6-8-2-4-10(17)15-8/h1,3,5,8H,2,4,6,12H2,(H,13,16)(H,14,18)(H,15,17). The molecule has 0 aliphatic carbocycles. The zero-order chi connectivity index (χ0) is 13.0. The summed E-state index contributed by atoms with van der Waals surface area (Å²) < 4.78 is 0. The molecule has 1 atom stereocenters. The van der Waals surface area contributed by atoms with E-state index in [0.29, 0.717) is 24.3 Å². The number of hydrogen-bond donors (Lipinski definition) is 4. The first kappa shape index (κ1) is 12.3. The van der Waals surface area contributed by atoms with Crippen LogP contribution in [0.3, 0.4) is 0 Å². The lowest BCUT2D eigenvalue weighted by atomic mass is 10.2. The quantitative estimate of drug-likeness (QED) is 0.420. The molecule has 1 saturated heterocycles.